The van der Waals surface area contributed by atoms with E-state index in [0.717, 1.165) is 24.8 Å². The molecule has 4 rings (SSSR count). The van der Waals surface area contributed by atoms with Crippen molar-refractivity contribution in [3.05, 3.63) is 58.6 Å². The fourth-order valence-corrected chi connectivity index (χ4v) is 4.67. The van der Waals surface area contributed by atoms with Crippen molar-refractivity contribution < 1.29 is 32.5 Å². The van der Waals surface area contributed by atoms with Crippen LogP contribution in [-0.4, -0.2) is 24.0 Å². The minimum Gasteiger partial charge on any atom is -0.493 e. The van der Waals surface area contributed by atoms with Crippen LogP contribution in [0.3, 0.4) is 0 Å². The molecular weight excluding hydrogens is 445 g/mol. The van der Waals surface area contributed by atoms with Gasteiger partial charge >= 0.3 is 12.3 Å². The molecule has 1 N–H and O–H groups in total. The van der Waals surface area contributed by atoms with Crippen LogP contribution in [0.4, 0.5) is 13.2 Å². The Morgan fingerprint density at radius 2 is 1.94 bits per heavy atom. The maximum absolute atomic E-state index is 12.5. The molecule has 0 bridgehead atoms. The van der Waals surface area contributed by atoms with Gasteiger partial charge in [0.05, 0.1) is 12.5 Å². The average molecular weight is 469 g/mol. The number of aliphatic carboxylic acids is 1. The Morgan fingerprint density at radius 3 is 2.59 bits per heavy atom. The van der Waals surface area contributed by atoms with Crippen molar-refractivity contribution in [2.45, 2.75) is 44.4 Å². The molecular formula is C24H24ClF3O4. The number of carbonyl (C=O) groups is 1. The quantitative estimate of drug-likeness (QED) is 0.448. The van der Waals surface area contributed by atoms with E-state index in [0.29, 0.717) is 28.9 Å². The van der Waals surface area contributed by atoms with Crippen LogP contribution in [0.15, 0.2) is 42.5 Å². The summed E-state index contributed by atoms with van der Waals surface area (Å²) in [6.07, 6.45) is -1.92. The van der Waals surface area contributed by atoms with Crippen LogP contribution in [0.5, 0.6) is 11.5 Å². The molecule has 2 aromatic rings. The van der Waals surface area contributed by atoms with E-state index in [-0.39, 0.29) is 23.5 Å². The highest BCUT2D eigenvalue weighted by molar-refractivity contribution is 6.31. The van der Waals surface area contributed by atoms with Crippen molar-refractivity contribution in [1.29, 1.82) is 0 Å². The highest BCUT2D eigenvalue weighted by Crippen LogP contribution is 2.51. The van der Waals surface area contributed by atoms with Crippen LogP contribution in [0.2, 0.25) is 5.02 Å². The van der Waals surface area contributed by atoms with Crippen LogP contribution in [0, 0.1) is 17.8 Å². The molecule has 4 atom stereocenters. The standard InChI is InChI=1S/C24H24ClF3O4/c1-13(23(29)30)22(14-5-6-14)15-3-2-4-17(9-15)31-12-16-10-19(16)20-11-18(7-8-21(20)25)32-24(26,27)28/h2-4,7-9,11,13-14,16,19,22H,5-6,10,12H2,1H3,(H,29,30)/t13-,16+,19-,22-/m0/s1. The molecule has 2 aliphatic carbocycles. The second-order valence-corrected chi connectivity index (χ2v) is 9.11. The van der Waals surface area contributed by atoms with Gasteiger partial charge in [-0.15, -0.1) is 13.2 Å². The maximum atomic E-state index is 12.5. The fourth-order valence-electron chi connectivity index (χ4n) is 4.41. The van der Waals surface area contributed by atoms with Crippen molar-refractivity contribution in [2.24, 2.45) is 17.8 Å². The topological polar surface area (TPSA) is 55.8 Å². The molecule has 0 heterocycles. The largest absolute Gasteiger partial charge is 0.573 e. The van der Waals surface area contributed by atoms with E-state index >= 15 is 0 Å². The molecule has 4 nitrogen and oxygen atoms in total. The highest BCUT2D eigenvalue weighted by atomic mass is 35.5. The summed E-state index contributed by atoms with van der Waals surface area (Å²) in [5.41, 5.74) is 1.59. The Kier molecular flexibility index (Phi) is 6.30. The van der Waals surface area contributed by atoms with E-state index in [1.54, 1.807) is 6.92 Å². The third-order valence-electron chi connectivity index (χ3n) is 6.29. The van der Waals surface area contributed by atoms with Gasteiger partial charge in [-0.3, -0.25) is 4.79 Å². The van der Waals surface area contributed by atoms with E-state index in [4.69, 9.17) is 16.3 Å². The Morgan fingerprint density at radius 1 is 1.19 bits per heavy atom. The normalized spacial score (nSPS) is 22.2. The minimum absolute atomic E-state index is 0.00807. The zero-order valence-electron chi connectivity index (χ0n) is 17.4. The molecule has 0 spiro atoms. The van der Waals surface area contributed by atoms with Crippen LogP contribution in [-0.2, 0) is 4.79 Å². The van der Waals surface area contributed by atoms with E-state index < -0.39 is 18.2 Å². The van der Waals surface area contributed by atoms with Crippen LogP contribution in [0.25, 0.3) is 0 Å². The van der Waals surface area contributed by atoms with Crippen LogP contribution in [0.1, 0.15) is 49.1 Å². The SMILES string of the molecule is C[C@H](C(=O)O)[C@H](c1cccc(OC[C@H]2C[C@@H]2c2cc(OC(F)(F)F)ccc2Cl)c1)C1CC1. The lowest BCUT2D eigenvalue weighted by Gasteiger charge is -2.21. The van der Waals surface area contributed by atoms with Crippen LogP contribution < -0.4 is 9.47 Å². The van der Waals surface area contributed by atoms with E-state index in [2.05, 4.69) is 4.74 Å². The van der Waals surface area contributed by atoms with Crippen molar-refractivity contribution in [3.63, 3.8) is 0 Å². The molecule has 8 heteroatoms. The maximum Gasteiger partial charge on any atom is 0.573 e. The molecule has 0 amide bonds. The van der Waals surface area contributed by atoms with Crippen molar-refractivity contribution >= 4 is 17.6 Å². The monoisotopic (exact) mass is 468 g/mol. The zero-order valence-corrected chi connectivity index (χ0v) is 18.2. The molecule has 0 aromatic heterocycles. The van der Waals surface area contributed by atoms with Gasteiger partial charge < -0.3 is 14.6 Å². The third-order valence-corrected chi connectivity index (χ3v) is 6.63. The number of alkyl halides is 3. The smallest absolute Gasteiger partial charge is 0.493 e. The van der Waals surface area contributed by atoms with Gasteiger partial charge in [-0.2, -0.15) is 0 Å². The lowest BCUT2D eigenvalue weighted by Crippen LogP contribution is -2.20. The van der Waals surface area contributed by atoms with Gasteiger partial charge in [0.2, 0.25) is 0 Å². The predicted octanol–water partition coefficient (Wildman–Crippen LogP) is 6.64. The van der Waals surface area contributed by atoms with Crippen molar-refractivity contribution in [2.75, 3.05) is 6.61 Å². The van der Waals surface area contributed by atoms with E-state index in [1.807, 2.05) is 24.3 Å². The number of halogens is 4. The number of carboxylic acid groups (broad SMARTS) is 1. The molecule has 0 saturated heterocycles. The summed E-state index contributed by atoms with van der Waals surface area (Å²) in [6, 6.07) is 11.5. The van der Waals surface area contributed by atoms with Gasteiger partial charge in [0.15, 0.2) is 0 Å². The highest BCUT2D eigenvalue weighted by Gasteiger charge is 2.41. The number of hydrogen-bond acceptors (Lipinski definition) is 3. The molecule has 2 fully saturated rings. The summed E-state index contributed by atoms with van der Waals surface area (Å²) in [7, 11) is 0. The number of rotatable bonds is 9. The summed E-state index contributed by atoms with van der Waals surface area (Å²) in [5, 5.41) is 9.88. The predicted molar refractivity (Wildman–Crippen MR) is 113 cm³/mol. The Labute approximate surface area is 189 Å². The number of ether oxygens (including phenoxy) is 2. The fraction of sp³-hybridized carbons (Fsp3) is 0.458. The summed E-state index contributed by atoms with van der Waals surface area (Å²) >= 11 is 6.21. The molecule has 2 aliphatic rings. The minimum atomic E-state index is -4.75. The van der Waals surface area contributed by atoms with Crippen molar-refractivity contribution in [3.8, 4) is 11.5 Å². The molecule has 0 aliphatic heterocycles. The summed E-state index contributed by atoms with van der Waals surface area (Å²) in [6.45, 7) is 2.14. The average Bonchev–Trinajstić information content (AvgIpc) is 3.63. The first-order valence-electron chi connectivity index (χ1n) is 10.6. The second kappa shape index (κ2) is 8.85. The lowest BCUT2D eigenvalue weighted by molar-refractivity contribution is -0.274. The first-order chi connectivity index (χ1) is 15.1. The second-order valence-electron chi connectivity index (χ2n) is 8.71. The third kappa shape index (κ3) is 5.49. The van der Waals surface area contributed by atoms with Gasteiger partial charge in [-0.05, 0) is 78.5 Å². The zero-order chi connectivity index (χ0) is 23.0. The summed E-state index contributed by atoms with van der Waals surface area (Å²) < 4.78 is 47.5. The summed E-state index contributed by atoms with van der Waals surface area (Å²) in [5.74, 6) is -0.409. The number of hydrogen-bond donors (Lipinski definition) is 1. The Balaban J connectivity index is 1.39. The molecule has 0 unspecified atom stereocenters. The van der Waals surface area contributed by atoms with Gasteiger partial charge in [-0.1, -0.05) is 30.7 Å². The molecule has 2 saturated carbocycles. The van der Waals surface area contributed by atoms with Crippen molar-refractivity contribution in [1.82, 2.24) is 0 Å². The summed E-state index contributed by atoms with van der Waals surface area (Å²) in [4.78, 5) is 11.5. The first kappa shape index (κ1) is 22.8. The van der Waals surface area contributed by atoms with Gasteiger partial charge in [0.1, 0.15) is 11.5 Å². The van der Waals surface area contributed by atoms with Gasteiger partial charge in [-0.25, -0.2) is 0 Å². The van der Waals surface area contributed by atoms with E-state index in [9.17, 15) is 23.1 Å². The lowest BCUT2D eigenvalue weighted by atomic mass is 9.83. The number of benzene rings is 2. The first-order valence-corrected chi connectivity index (χ1v) is 11.0. The molecule has 32 heavy (non-hydrogen) atoms. The molecule has 172 valence electrons. The van der Waals surface area contributed by atoms with Gasteiger partial charge in [0, 0.05) is 10.9 Å². The number of carboxylic acids is 1. The van der Waals surface area contributed by atoms with Gasteiger partial charge in [0.25, 0.3) is 0 Å². The van der Waals surface area contributed by atoms with E-state index in [1.165, 1.54) is 18.2 Å². The molecule has 2 aromatic carbocycles. The molecule has 0 radical (unpaired) electrons. The van der Waals surface area contributed by atoms with Crippen LogP contribution >= 0.6 is 11.6 Å². The Hall–Kier alpha value is -2.41. The Bertz CT molecular complexity index is 989.